The quantitative estimate of drug-likeness (QED) is 0.128. The fourth-order valence-electron chi connectivity index (χ4n) is 7.41. The fourth-order valence-corrected chi connectivity index (χ4v) is 8.11. The molecular formula is C38H33F7N6O4S. The summed E-state index contributed by atoms with van der Waals surface area (Å²) >= 11 is 0. The van der Waals surface area contributed by atoms with E-state index in [1.54, 1.807) is 0 Å². The Kier molecular flexibility index (Phi) is 9.55. The van der Waals surface area contributed by atoms with Gasteiger partial charge in [-0.05, 0) is 80.5 Å². The molecule has 10 nitrogen and oxygen atoms in total. The van der Waals surface area contributed by atoms with Gasteiger partial charge in [0.25, 0.3) is 12.3 Å². The Bertz CT molecular complexity index is 2590. The Morgan fingerprint density at radius 2 is 1.73 bits per heavy atom. The van der Waals surface area contributed by atoms with E-state index >= 15 is 13.2 Å². The van der Waals surface area contributed by atoms with Gasteiger partial charge in [0.2, 0.25) is 5.91 Å². The van der Waals surface area contributed by atoms with Crippen molar-refractivity contribution >= 4 is 26.6 Å². The van der Waals surface area contributed by atoms with Crippen LogP contribution in [0.15, 0.2) is 42.5 Å². The number of nitrogens with zero attached hydrogens (tertiary/aromatic N) is 5. The van der Waals surface area contributed by atoms with E-state index in [-0.39, 0.29) is 63.1 Å². The number of carbonyl (C=O) groups is 1. The van der Waals surface area contributed by atoms with Crippen LogP contribution in [0.25, 0.3) is 22.0 Å². The molecule has 2 aliphatic rings. The smallest absolute Gasteiger partial charge is 0.293 e. The molecule has 1 saturated carbocycles. The lowest BCUT2D eigenvalue weighted by Gasteiger charge is -2.23. The third-order valence-corrected chi connectivity index (χ3v) is 10.4. The third-order valence-electron chi connectivity index (χ3n) is 9.61. The average molecular weight is 803 g/mol. The Balaban J connectivity index is 1.39. The summed E-state index contributed by atoms with van der Waals surface area (Å²) in [4.78, 5) is 18.5. The number of rotatable bonds is 10. The zero-order chi connectivity index (χ0) is 40.6. The third kappa shape index (κ3) is 7.49. The second-order valence-corrected chi connectivity index (χ2v) is 16.8. The van der Waals surface area contributed by atoms with Crippen molar-refractivity contribution in [1.82, 2.24) is 29.9 Å². The van der Waals surface area contributed by atoms with Gasteiger partial charge >= 0.3 is 0 Å². The summed E-state index contributed by atoms with van der Waals surface area (Å²) in [5, 5.41) is 20.8. The van der Waals surface area contributed by atoms with Crippen molar-refractivity contribution in [2.75, 3.05) is 6.26 Å². The van der Waals surface area contributed by atoms with Gasteiger partial charge in [0, 0.05) is 42.0 Å². The van der Waals surface area contributed by atoms with Crippen LogP contribution in [0.2, 0.25) is 0 Å². The molecule has 7 rings (SSSR count). The molecule has 3 atom stereocenters. The number of aliphatic hydroxyl groups is 1. The minimum Gasteiger partial charge on any atom is -0.378 e. The number of halogens is 7. The van der Waals surface area contributed by atoms with Crippen molar-refractivity contribution in [3.05, 3.63) is 99.5 Å². The van der Waals surface area contributed by atoms with Crippen LogP contribution in [-0.2, 0) is 46.3 Å². The zero-order valence-corrected chi connectivity index (χ0v) is 31.0. The number of carbonyl (C=O) groups excluding carboxylic acids is 1. The van der Waals surface area contributed by atoms with Gasteiger partial charge in [0.15, 0.2) is 9.84 Å². The number of sulfone groups is 1. The molecule has 1 amide bonds. The van der Waals surface area contributed by atoms with E-state index in [0.717, 1.165) is 24.5 Å². The van der Waals surface area contributed by atoms with Crippen LogP contribution in [0.4, 0.5) is 30.7 Å². The Labute approximate surface area is 315 Å². The van der Waals surface area contributed by atoms with Crippen LogP contribution < -0.4 is 5.32 Å². The number of aryl methyl sites for hydroxylation is 1. The first-order valence-corrected chi connectivity index (χ1v) is 19.3. The molecule has 0 radical (unpaired) electrons. The molecule has 0 bridgehead atoms. The molecule has 294 valence electrons. The predicted molar refractivity (Wildman–Crippen MR) is 188 cm³/mol. The maximum atomic E-state index is 15.5. The molecule has 1 fully saturated rings. The minimum absolute atomic E-state index is 0.00802. The van der Waals surface area contributed by atoms with Gasteiger partial charge in [-0.3, -0.25) is 14.2 Å². The highest BCUT2D eigenvalue weighted by atomic mass is 32.2. The number of benzene rings is 2. The number of pyridine rings is 1. The van der Waals surface area contributed by atoms with Crippen LogP contribution in [-0.4, -0.2) is 55.8 Å². The average Bonchev–Trinajstić information content (AvgIpc) is 3.62. The highest BCUT2D eigenvalue weighted by Gasteiger charge is 2.67. The highest BCUT2D eigenvalue weighted by molar-refractivity contribution is 7.89. The fraction of sp³-hybridized carbons (Fsp3) is 0.368. The molecule has 3 heterocycles. The topological polar surface area (TPSA) is 132 Å². The molecule has 2 aromatic carbocycles. The van der Waals surface area contributed by atoms with Gasteiger partial charge in [-0.15, -0.1) is 0 Å². The number of hydrogen-bond acceptors (Lipinski definition) is 7. The van der Waals surface area contributed by atoms with Crippen molar-refractivity contribution in [3.8, 4) is 23.0 Å². The molecule has 3 aromatic heterocycles. The SMILES string of the molecule is Cn1nc(CS(C)(=O)=O)c2c(F)ccc(-c3ccc(C#CC(C)(C)O)nc3[C@H](Cc3cc(F)cc(F)c3)NC(=O)Cn3nc(C(F)F)c4c3C(F)(F)[C@@H]3C[C@H]43)c21. The minimum atomic E-state index is -3.69. The van der Waals surface area contributed by atoms with Crippen molar-refractivity contribution in [1.29, 1.82) is 0 Å². The number of nitrogens with one attached hydrogen (secondary N) is 1. The monoisotopic (exact) mass is 802 g/mol. The maximum absolute atomic E-state index is 15.5. The van der Waals surface area contributed by atoms with E-state index < -0.39 is 92.7 Å². The van der Waals surface area contributed by atoms with Crippen LogP contribution in [0.5, 0.6) is 0 Å². The molecule has 18 heteroatoms. The molecule has 0 spiro atoms. The molecule has 2 aliphatic carbocycles. The number of aromatic nitrogens is 5. The summed E-state index contributed by atoms with van der Waals surface area (Å²) in [6, 6.07) is 6.65. The molecule has 0 saturated heterocycles. The summed E-state index contributed by atoms with van der Waals surface area (Å²) < 4.78 is 130. The molecule has 56 heavy (non-hydrogen) atoms. The number of hydrogen-bond donors (Lipinski definition) is 2. The summed E-state index contributed by atoms with van der Waals surface area (Å²) in [6.45, 7) is 1.89. The lowest BCUT2D eigenvalue weighted by Crippen LogP contribution is -2.35. The Morgan fingerprint density at radius 1 is 1.05 bits per heavy atom. The van der Waals surface area contributed by atoms with Crippen molar-refractivity contribution < 1.29 is 49.1 Å². The summed E-state index contributed by atoms with van der Waals surface area (Å²) in [5.41, 5.74) is -2.89. The predicted octanol–water partition coefficient (Wildman–Crippen LogP) is 6.16. The van der Waals surface area contributed by atoms with Gasteiger partial charge in [-0.25, -0.2) is 35.4 Å². The van der Waals surface area contributed by atoms with Gasteiger partial charge in [-0.2, -0.15) is 19.0 Å². The number of fused-ring (bicyclic) bond motifs is 4. The molecule has 5 aromatic rings. The Morgan fingerprint density at radius 3 is 2.38 bits per heavy atom. The zero-order valence-electron chi connectivity index (χ0n) is 30.1. The van der Waals surface area contributed by atoms with Crippen molar-refractivity contribution in [2.45, 2.75) is 68.9 Å². The lowest BCUT2D eigenvalue weighted by atomic mass is 9.93. The number of alkyl halides is 4. The van der Waals surface area contributed by atoms with Crippen LogP contribution >= 0.6 is 0 Å². The maximum Gasteiger partial charge on any atom is 0.293 e. The van der Waals surface area contributed by atoms with Crippen LogP contribution in [0.3, 0.4) is 0 Å². The first kappa shape index (κ1) is 39.0. The van der Waals surface area contributed by atoms with E-state index in [1.165, 1.54) is 43.8 Å². The van der Waals surface area contributed by atoms with E-state index in [2.05, 4.69) is 32.3 Å². The van der Waals surface area contributed by atoms with E-state index in [0.29, 0.717) is 10.7 Å². The second kappa shape index (κ2) is 13.7. The van der Waals surface area contributed by atoms with E-state index in [1.807, 2.05) is 0 Å². The van der Waals surface area contributed by atoms with E-state index in [4.69, 9.17) is 0 Å². The summed E-state index contributed by atoms with van der Waals surface area (Å²) in [7, 11) is -2.23. The molecular weight excluding hydrogens is 770 g/mol. The summed E-state index contributed by atoms with van der Waals surface area (Å²) in [5.74, 6) is -4.48. The van der Waals surface area contributed by atoms with Crippen molar-refractivity contribution in [2.24, 2.45) is 13.0 Å². The standard InChI is InChI=1S/C38H33F7N6O4S/c1-37(2,53)10-9-21-5-6-22(23-7-8-26(41)31-28(17-56(4,54)55)48-50(3)34(23)31)32(46-21)27(13-18-11-19(39)14-20(40)12-18)47-29(52)16-51-35-30(33(49-51)36(42)43)24-15-25(24)38(35,44)45/h5-8,11-12,14,24-25,27,36,53H,13,15-17H2,1-4H3,(H,47,52)/t24-,25+,27-/m0/s1. The van der Waals surface area contributed by atoms with Gasteiger partial charge < -0.3 is 10.4 Å². The van der Waals surface area contributed by atoms with Gasteiger partial charge in [-0.1, -0.05) is 5.92 Å². The molecule has 0 unspecified atom stereocenters. The highest BCUT2D eigenvalue weighted by Crippen LogP contribution is 2.68. The molecule has 0 aliphatic heterocycles. The first-order chi connectivity index (χ1) is 26.1. The van der Waals surface area contributed by atoms with Gasteiger partial charge in [0.05, 0.1) is 34.1 Å². The second-order valence-electron chi connectivity index (χ2n) is 14.7. The number of amides is 1. The normalized spacial score (nSPS) is 17.7. The van der Waals surface area contributed by atoms with Crippen LogP contribution in [0, 0.1) is 35.2 Å². The van der Waals surface area contributed by atoms with Gasteiger partial charge in [0.1, 0.15) is 46.7 Å². The van der Waals surface area contributed by atoms with Crippen molar-refractivity contribution in [3.63, 3.8) is 0 Å². The lowest BCUT2D eigenvalue weighted by molar-refractivity contribution is -0.123. The first-order valence-electron chi connectivity index (χ1n) is 17.2. The van der Waals surface area contributed by atoms with Crippen LogP contribution in [0.1, 0.15) is 78.3 Å². The van der Waals surface area contributed by atoms with E-state index in [9.17, 15) is 35.9 Å². The Hall–Kier alpha value is -5.28. The summed E-state index contributed by atoms with van der Waals surface area (Å²) in [6.07, 6.45) is -2.59. The molecule has 2 N–H and O–H groups in total. The largest absolute Gasteiger partial charge is 0.378 e.